The summed E-state index contributed by atoms with van der Waals surface area (Å²) in [5, 5.41) is 1.01. The van der Waals surface area contributed by atoms with Crippen LogP contribution >= 0.6 is 15.9 Å². The molecule has 2 aromatic carbocycles. The van der Waals surface area contributed by atoms with Crippen LogP contribution in [0.5, 0.6) is 11.5 Å². The van der Waals surface area contributed by atoms with Crippen LogP contribution in [0.2, 0.25) is 0 Å². The Kier molecular flexibility index (Phi) is 6.48. The first-order valence-corrected chi connectivity index (χ1v) is 8.34. The third kappa shape index (κ3) is 5.35. The van der Waals surface area contributed by atoms with E-state index in [-0.39, 0.29) is 5.78 Å². The number of alkyl halides is 1. The maximum Gasteiger partial charge on any atom is 0.162 e. The summed E-state index contributed by atoms with van der Waals surface area (Å²) >= 11 is 3.40. The van der Waals surface area contributed by atoms with Crippen molar-refractivity contribution < 1.29 is 9.53 Å². The van der Waals surface area contributed by atoms with Crippen LogP contribution in [0.15, 0.2) is 54.6 Å². The average Bonchev–Trinajstić information content (AvgIpc) is 2.53. The number of rotatable bonds is 8. The van der Waals surface area contributed by atoms with Gasteiger partial charge < -0.3 is 4.74 Å². The molecule has 0 aromatic heterocycles. The molecule has 0 N–H and O–H groups in total. The van der Waals surface area contributed by atoms with Crippen molar-refractivity contribution in [2.45, 2.75) is 25.7 Å². The van der Waals surface area contributed by atoms with Crippen LogP contribution in [0, 0.1) is 0 Å². The zero-order valence-electron chi connectivity index (χ0n) is 11.9. The molecule has 2 rings (SSSR count). The summed E-state index contributed by atoms with van der Waals surface area (Å²) in [5.41, 5.74) is 0.759. The summed E-state index contributed by atoms with van der Waals surface area (Å²) in [6.45, 7) is 0. The van der Waals surface area contributed by atoms with Gasteiger partial charge >= 0.3 is 0 Å². The molecular formula is C18H19BrO2. The fourth-order valence-corrected chi connectivity index (χ4v) is 2.43. The van der Waals surface area contributed by atoms with Crippen molar-refractivity contribution in [2.24, 2.45) is 0 Å². The number of hydrogen-bond acceptors (Lipinski definition) is 2. The molecule has 0 saturated heterocycles. The van der Waals surface area contributed by atoms with Crippen molar-refractivity contribution in [3.63, 3.8) is 0 Å². The monoisotopic (exact) mass is 346 g/mol. The fourth-order valence-electron chi connectivity index (χ4n) is 2.03. The SMILES string of the molecule is O=C(CCCCCBr)c1ccc(Oc2ccccc2)cc1. The topological polar surface area (TPSA) is 26.3 Å². The molecule has 0 aliphatic heterocycles. The van der Waals surface area contributed by atoms with Crippen molar-refractivity contribution in [1.82, 2.24) is 0 Å². The van der Waals surface area contributed by atoms with E-state index in [0.29, 0.717) is 6.42 Å². The molecular weight excluding hydrogens is 328 g/mol. The lowest BCUT2D eigenvalue weighted by Crippen LogP contribution is -1.98. The van der Waals surface area contributed by atoms with Gasteiger partial charge in [-0.1, -0.05) is 40.5 Å². The zero-order chi connectivity index (χ0) is 14.9. The smallest absolute Gasteiger partial charge is 0.162 e. The molecule has 110 valence electrons. The number of Topliss-reactive ketones (excluding diaryl/α,β-unsaturated/α-hetero) is 1. The lowest BCUT2D eigenvalue weighted by molar-refractivity contribution is 0.0979. The van der Waals surface area contributed by atoms with Gasteiger partial charge in [0.2, 0.25) is 0 Å². The summed E-state index contributed by atoms with van der Waals surface area (Å²) in [6, 6.07) is 17.0. The highest BCUT2D eigenvalue weighted by Gasteiger charge is 2.06. The van der Waals surface area contributed by atoms with Crippen LogP contribution in [-0.2, 0) is 0 Å². The molecule has 0 fully saturated rings. The summed E-state index contributed by atoms with van der Waals surface area (Å²) in [4.78, 5) is 12.0. The first-order valence-electron chi connectivity index (χ1n) is 7.22. The number of carbonyl (C=O) groups is 1. The second-order valence-electron chi connectivity index (χ2n) is 4.86. The fraction of sp³-hybridized carbons (Fsp3) is 0.278. The van der Waals surface area contributed by atoms with Crippen LogP contribution in [-0.4, -0.2) is 11.1 Å². The van der Waals surface area contributed by atoms with E-state index in [9.17, 15) is 4.79 Å². The van der Waals surface area contributed by atoms with Crippen LogP contribution in [0.25, 0.3) is 0 Å². The Morgan fingerprint density at radius 2 is 1.52 bits per heavy atom. The van der Waals surface area contributed by atoms with Crippen LogP contribution in [0.4, 0.5) is 0 Å². The number of halogens is 1. The first kappa shape index (κ1) is 15.8. The molecule has 0 spiro atoms. The van der Waals surface area contributed by atoms with E-state index in [1.807, 2.05) is 54.6 Å². The predicted octanol–water partition coefficient (Wildman–Crippen LogP) is 5.62. The third-order valence-electron chi connectivity index (χ3n) is 3.19. The van der Waals surface area contributed by atoms with Crippen LogP contribution in [0.3, 0.4) is 0 Å². The normalized spacial score (nSPS) is 10.3. The van der Waals surface area contributed by atoms with Crippen molar-refractivity contribution in [3.8, 4) is 11.5 Å². The summed E-state index contributed by atoms with van der Waals surface area (Å²) in [6.07, 6.45) is 3.78. The Morgan fingerprint density at radius 3 is 2.19 bits per heavy atom. The van der Waals surface area contributed by atoms with E-state index in [1.165, 1.54) is 0 Å². The maximum atomic E-state index is 12.0. The first-order chi connectivity index (χ1) is 10.3. The highest BCUT2D eigenvalue weighted by molar-refractivity contribution is 9.09. The van der Waals surface area contributed by atoms with E-state index >= 15 is 0 Å². The second-order valence-corrected chi connectivity index (χ2v) is 5.66. The molecule has 0 aliphatic carbocycles. The van der Waals surface area contributed by atoms with Gasteiger partial charge in [0.15, 0.2) is 5.78 Å². The van der Waals surface area contributed by atoms with E-state index in [2.05, 4.69) is 15.9 Å². The molecule has 0 aliphatic rings. The largest absolute Gasteiger partial charge is 0.457 e. The van der Waals surface area contributed by atoms with Gasteiger partial charge in [-0.2, -0.15) is 0 Å². The molecule has 21 heavy (non-hydrogen) atoms. The maximum absolute atomic E-state index is 12.0. The van der Waals surface area contributed by atoms with Gasteiger partial charge in [-0.15, -0.1) is 0 Å². The van der Waals surface area contributed by atoms with Gasteiger partial charge in [0.1, 0.15) is 11.5 Å². The average molecular weight is 347 g/mol. The number of ether oxygens (including phenoxy) is 1. The van der Waals surface area contributed by atoms with Gasteiger partial charge in [-0.05, 0) is 49.2 Å². The van der Waals surface area contributed by atoms with Gasteiger partial charge in [-0.3, -0.25) is 4.79 Å². The van der Waals surface area contributed by atoms with Gasteiger partial charge in [0.05, 0.1) is 0 Å². The van der Waals surface area contributed by atoms with E-state index < -0.39 is 0 Å². The zero-order valence-corrected chi connectivity index (χ0v) is 13.5. The molecule has 3 heteroatoms. The van der Waals surface area contributed by atoms with E-state index in [4.69, 9.17) is 4.74 Å². The molecule has 2 nitrogen and oxygen atoms in total. The number of ketones is 1. The van der Waals surface area contributed by atoms with E-state index in [0.717, 1.165) is 41.7 Å². The van der Waals surface area contributed by atoms with Crippen molar-refractivity contribution in [1.29, 1.82) is 0 Å². The molecule has 0 amide bonds. The lowest BCUT2D eigenvalue weighted by atomic mass is 10.0. The minimum absolute atomic E-state index is 0.204. The molecule has 2 aromatic rings. The highest BCUT2D eigenvalue weighted by atomic mass is 79.9. The van der Waals surface area contributed by atoms with Gasteiger partial charge in [0.25, 0.3) is 0 Å². The number of carbonyl (C=O) groups excluding carboxylic acids is 1. The molecule has 0 heterocycles. The van der Waals surface area contributed by atoms with Crippen molar-refractivity contribution in [2.75, 3.05) is 5.33 Å². The summed E-state index contributed by atoms with van der Waals surface area (Å²) in [5.74, 6) is 1.75. The van der Waals surface area contributed by atoms with Crippen molar-refractivity contribution in [3.05, 3.63) is 60.2 Å². The van der Waals surface area contributed by atoms with Crippen LogP contribution < -0.4 is 4.74 Å². The standard InChI is InChI=1S/C18H19BrO2/c19-14-6-2-5-9-18(20)15-10-12-17(13-11-15)21-16-7-3-1-4-8-16/h1,3-4,7-8,10-13H,2,5-6,9,14H2. The number of benzene rings is 2. The number of unbranched alkanes of at least 4 members (excludes halogenated alkanes) is 2. The molecule has 0 atom stereocenters. The minimum Gasteiger partial charge on any atom is -0.457 e. The minimum atomic E-state index is 0.204. The third-order valence-corrected chi connectivity index (χ3v) is 3.75. The Bertz CT molecular complexity index is 549. The Labute approximate surface area is 134 Å². The second kappa shape index (κ2) is 8.63. The Balaban J connectivity index is 1.88. The van der Waals surface area contributed by atoms with Gasteiger partial charge in [-0.25, -0.2) is 0 Å². The number of hydrogen-bond donors (Lipinski definition) is 0. The number of para-hydroxylation sites is 1. The summed E-state index contributed by atoms with van der Waals surface area (Å²) in [7, 11) is 0. The van der Waals surface area contributed by atoms with Gasteiger partial charge in [0, 0.05) is 17.3 Å². The predicted molar refractivity (Wildman–Crippen MR) is 89.6 cm³/mol. The van der Waals surface area contributed by atoms with Crippen molar-refractivity contribution >= 4 is 21.7 Å². The Morgan fingerprint density at radius 1 is 0.857 bits per heavy atom. The highest BCUT2D eigenvalue weighted by Crippen LogP contribution is 2.21. The molecule has 0 saturated carbocycles. The lowest BCUT2D eigenvalue weighted by Gasteiger charge is -2.06. The molecule has 0 unspecified atom stereocenters. The Hall–Kier alpha value is -1.61. The van der Waals surface area contributed by atoms with E-state index in [1.54, 1.807) is 0 Å². The summed E-state index contributed by atoms with van der Waals surface area (Å²) < 4.78 is 5.71. The quantitative estimate of drug-likeness (QED) is 0.352. The molecule has 0 bridgehead atoms. The van der Waals surface area contributed by atoms with Crippen LogP contribution in [0.1, 0.15) is 36.0 Å². The molecule has 0 radical (unpaired) electrons.